The van der Waals surface area contributed by atoms with Gasteiger partial charge in [0.2, 0.25) is 0 Å². The second-order valence-electron chi connectivity index (χ2n) is 0.339. The van der Waals surface area contributed by atoms with E-state index in [1.54, 1.807) is 0 Å². The summed E-state index contributed by atoms with van der Waals surface area (Å²) in [5.41, 5.74) is 0. The Hall–Kier alpha value is 1.30. The molecule has 0 radical (unpaired) electrons. The van der Waals surface area contributed by atoms with Gasteiger partial charge >= 0.3 is 0 Å². The average molecular weight is 167 g/mol. The van der Waals surface area contributed by atoms with Gasteiger partial charge < -0.3 is 0 Å². The van der Waals surface area contributed by atoms with Gasteiger partial charge in [-0.3, -0.25) is 0 Å². The van der Waals surface area contributed by atoms with Crippen LogP contribution in [0, 0.1) is 0 Å². The molecular weight excluding hydrogens is 161 g/mol. The second-order valence-corrected chi connectivity index (χ2v) is 2.73. The molecule has 0 N–H and O–H groups in total. The van der Waals surface area contributed by atoms with E-state index in [1.807, 2.05) is 6.92 Å². The molecule has 6 heavy (non-hydrogen) atoms. The molecule has 0 aromatic carbocycles. The van der Waals surface area contributed by atoms with Crippen molar-refractivity contribution >= 4 is 41.4 Å². The maximum Gasteiger partial charge on any atom is 0.0713 e. The van der Waals surface area contributed by atoms with Crippen molar-refractivity contribution in [2.75, 3.05) is 5.88 Å². The highest BCUT2D eigenvalue weighted by molar-refractivity contribution is 7.90. The van der Waals surface area contributed by atoms with Crippen molar-refractivity contribution in [3.63, 3.8) is 0 Å². The molecule has 4 heteroatoms. The third-order valence-electron chi connectivity index (χ3n) is 0. The number of hydrogen-bond donors (Lipinski definition) is 0. The summed E-state index contributed by atoms with van der Waals surface area (Å²) in [6.45, 7) is 1.89. The van der Waals surface area contributed by atoms with Crippen LogP contribution in [-0.4, -0.2) is 5.88 Å². The van der Waals surface area contributed by atoms with Crippen LogP contribution < -0.4 is 0 Å². The zero-order valence-corrected chi connectivity index (χ0v) is 6.61. The molecule has 0 nitrogen and oxygen atoms in total. The van der Waals surface area contributed by atoms with Crippen LogP contribution in [0.3, 0.4) is 0 Å². The summed E-state index contributed by atoms with van der Waals surface area (Å²) >= 11 is 14.6. The SMILES string of the molecule is CCCl.ClPCl. The van der Waals surface area contributed by atoms with E-state index in [2.05, 4.69) is 0 Å². The number of halogens is 3. The highest BCUT2D eigenvalue weighted by atomic mass is 35.9. The molecule has 0 unspecified atom stereocenters. The van der Waals surface area contributed by atoms with Crippen LogP contribution in [0.25, 0.3) is 0 Å². The third-order valence-corrected chi connectivity index (χ3v) is 0. The van der Waals surface area contributed by atoms with Gasteiger partial charge in [0, 0.05) is 5.88 Å². The summed E-state index contributed by atoms with van der Waals surface area (Å²) < 4.78 is 0. The number of hydrogen-bond acceptors (Lipinski definition) is 0. The third kappa shape index (κ3) is 58.0. The van der Waals surface area contributed by atoms with Crippen LogP contribution in [0.15, 0.2) is 0 Å². The lowest BCUT2D eigenvalue weighted by molar-refractivity contribution is 1.51. The van der Waals surface area contributed by atoms with Crippen LogP contribution in [-0.2, 0) is 0 Å². The molecule has 0 spiro atoms. The maximum atomic E-state index is 5.00. The summed E-state index contributed by atoms with van der Waals surface area (Å²) in [7, 11) is 0.0278. The van der Waals surface area contributed by atoms with Gasteiger partial charge in [-0.25, -0.2) is 0 Å². The van der Waals surface area contributed by atoms with Gasteiger partial charge in [-0.2, -0.15) is 0 Å². The molecule has 0 saturated heterocycles. The van der Waals surface area contributed by atoms with Crippen LogP contribution >= 0.6 is 41.4 Å². The Morgan fingerprint density at radius 2 is 1.50 bits per heavy atom. The van der Waals surface area contributed by atoms with Gasteiger partial charge in [-0.1, -0.05) is 29.4 Å². The minimum atomic E-state index is 0.0278. The Balaban J connectivity index is 0. The predicted octanol–water partition coefficient (Wildman–Crippen LogP) is 3.22. The van der Waals surface area contributed by atoms with Crippen molar-refractivity contribution < 1.29 is 0 Å². The summed E-state index contributed by atoms with van der Waals surface area (Å²) in [4.78, 5) is 0. The second kappa shape index (κ2) is 16.3. The summed E-state index contributed by atoms with van der Waals surface area (Å²) in [6.07, 6.45) is 0. The van der Waals surface area contributed by atoms with Gasteiger partial charge in [0.05, 0.1) is 7.29 Å². The quantitative estimate of drug-likeness (QED) is 0.384. The molecule has 0 aliphatic heterocycles. The molecule has 0 aliphatic rings. The van der Waals surface area contributed by atoms with Gasteiger partial charge in [0.25, 0.3) is 0 Å². The Morgan fingerprint density at radius 3 is 1.50 bits per heavy atom. The lowest BCUT2D eigenvalue weighted by atomic mass is 11.0. The minimum Gasteiger partial charge on any atom is -0.127 e. The minimum absolute atomic E-state index is 0.0278. The molecule has 0 aromatic heterocycles. The van der Waals surface area contributed by atoms with Crippen LogP contribution in [0.5, 0.6) is 0 Å². The zero-order chi connectivity index (χ0) is 5.41. The lowest BCUT2D eigenvalue weighted by Crippen LogP contribution is -1.36. The first-order valence-electron chi connectivity index (χ1n) is 1.35. The van der Waals surface area contributed by atoms with Crippen molar-refractivity contribution in [3.05, 3.63) is 0 Å². The fraction of sp³-hybridized carbons (Fsp3) is 1.00. The molecular formula is C2H6Cl3P. The van der Waals surface area contributed by atoms with E-state index in [9.17, 15) is 0 Å². The first kappa shape index (κ1) is 10.3. The molecule has 0 saturated carbocycles. The summed E-state index contributed by atoms with van der Waals surface area (Å²) in [5, 5.41) is 0. The van der Waals surface area contributed by atoms with E-state index in [0.29, 0.717) is 0 Å². The smallest absolute Gasteiger partial charge is 0.0713 e. The molecule has 0 atom stereocenters. The van der Waals surface area contributed by atoms with Crippen LogP contribution in [0.2, 0.25) is 0 Å². The standard InChI is InChI=1S/C2H5Cl.Cl2HP/c1-2-3;1-3-2/h2H2,1H3;3H. The Morgan fingerprint density at radius 1 is 1.50 bits per heavy atom. The van der Waals surface area contributed by atoms with E-state index in [1.165, 1.54) is 0 Å². The Kier molecular flexibility index (Phi) is 27.9. The van der Waals surface area contributed by atoms with Gasteiger partial charge in [-0.15, -0.1) is 11.6 Å². The topological polar surface area (TPSA) is 0 Å². The molecule has 0 rings (SSSR count). The highest BCUT2D eigenvalue weighted by Gasteiger charge is 1.41. The molecule has 0 heterocycles. The largest absolute Gasteiger partial charge is 0.127 e. The van der Waals surface area contributed by atoms with E-state index < -0.39 is 0 Å². The lowest BCUT2D eigenvalue weighted by Gasteiger charge is -1.45. The molecule has 0 aliphatic carbocycles. The average Bonchev–Trinajstić information content (AvgIpc) is 1.39. The van der Waals surface area contributed by atoms with Gasteiger partial charge in [0.15, 0.2) is 0 Å². The molecule has 0 bridgehead atoms. The first-order chi connectivity index (χ1) is 2.83. The van der Waals surface area contributed by atoms with Gasteiger partial charge in [0.1, 0.15) is 0 Å². The van der Waals surface area contributed by atoms with E-state index in [-0.39, 0.29) is 7.29 Å². The Bertz CT molecular complexity index is 10.8. The molecule has 0 aromatic rings. The summed E-state index contributed by atoms with van der Waals surface area (Å²) in [6, 6.07) is 0. The van der Waals surface area contributed by atoms with Crippen LogP contribution in [0.1, 0.15) is 6.92 Å². The normalized spacial score (nSPS) is 6.00. The number of alkyl halides is 1. The van der Waals surface area contributed by atoms with Crippen LogP contribution in [0.4, 0.5) is 0 Å². The van der Waals surface area contributed by atoms with Crippen molar-refractivity contribution in [1.29, 1.82) is 0 Å². The van der Waals surface area contributed by atoms with Crippen molar-refractivity contribution in [2.45, 2.75) is 6.92 Å². The van der Waals surface area contributed by atoms with Crippen molar-refractivity contribution in [3.8, 4) is 0 Å². The molecule has 0 amide bonds. The molecule has 0 fully saturated rings. The predicted molar refractivity (Wildman–Crippen MR) is 36.4 cm³/mol. The Labute approximate surface area is 54.5 Å². The summed E-state index contributed by atoms with van der Waals surface area (Å²) in [5.74, 6) is 0.722. The zero-order valence-electron chi connectivity index (χ0n) is 3.34. The van der Waals surface area contributed by atoms with Gasteiger partial charge in [-0.05, 0) is 0 Å². The fourth-order valence-electron chi connectivity index (χ4n) is 0. The van der Waals surface area contributed by atoms with Crippen molar-refractivity contribution in [1.82, 2.24) is 0 Å². The monoisotopic (exact) mass is 166 g/mol. The fourth-order valence-corrected chi connectivity index (χ4v) is 0. The van der Waals surface area contributed by atoms with E-state index >= 15 is 0 Å². The van der Waals surface area contributed by atoms with E-state index in [0.717, 1.165) is 5.88 Å². The van der Waals surface area contributed by atoms with E-state index in [4.69, 9.17) is 34.1 Å². The molecule has 40 valence electrons. The highest BCUT2D eigenvalue weighted by Crippen LogP contribution is 2.19. The first-order valence-corrected chi connectivity index (χ1v) is 4.91. The number of rotatable bonds is 0. The maximum absolute atomic E-state index is 5.00. The van der Waals surface area contributed by atoms with Crippen molar-refractivity contribution in [2.24, 2.45) is 0 Å².